The molecule has 0 spiro atoms. The Bertz CT molecular complexity index is 616. The standard InChI is InChI=1S/C14H17N3O3/c1-10(9-20-2)7-16-13-3-4-14(17(18)19)11-5-6-15-8-12(11)13/h3-6,8,10,16H,7,9H2,1-2H3. The van der Waals surface area contributed by atoms with Gasteiger partial charge in [0.15, 0.2) is 0 Å². The maximum Gasteiger partial charge on any atom is 0.277 e. The number of rotatable bonds is 6. The Morgan fingerprint density at radius 1 is 1.40 bits per heavy atom. The zero-order valence-corrected chi connectivity index (χ0v) is 11.5. The molecule has 0 bridgehead atoms. The summed E-state index contributed by atoms with van der Waals surface area (Å²) in [4.78, 5) is 14.7. The fourth-order valence-corrected chi connectivity index (χ4v) is 2.12. The van der Waals surface area contributed by atoms with Gasteiger partial charge in [0.2, 0.25) is 0 Å². The molecule has 0 amide bonds. The topological polar surface area (TPSA) is 77.3 Å². The van der Waals surface area contributed by atoms with Gasteiger partial charge in [-0.15, -0.1) is 0 Å². The monoisotopic (exact) mass is 275 g/mol. The molecule has 6 heteroatoms. The molecule has 6 nitrogen and oxygen atoms in total. The highest BCUT2D eigenvalue weighted by molar-refractivity contribution is 5.99. The first kappa shape index (κ1) is 14.2. The van der Waals surface area contributed by atoms with Crippen LogP contribution in [0.5, 0.6) is 0 Å². The van der Waals surface area contributed by atoms with E-state index >= 15 is 0 Å². The van der Waals surface area contributed by atoms with Crippen molar-refractivity contribution in [3.8, 4) is 0 Å². The van der Waals surface area contributed by atoms with Gasteiger partial charge in [0.05, 0.1) is 16.9 Å². The number of anilines is 1. The minimum absolute atomic E-state index is 0.0953. The number of pyridine rings is 1. The number of benzene rings is 1. The predicted octanol–water partition coefficient (Wildman–Crippen LogP) is 2.84. The summed E-state index contributed by atoms with van der Waals surface area (Å²) in [6.45, 7) is 3.47. The predicted molar refractivity (Wildman–Crippen MR) is 77.9 cm³/mol. The van der Waals surface area contributed by atoms with E-state index in [0.29, 0.717) is 17.9 Å². The molecule has 0 saturated carbocycles. The summed E-state index contributed by atoms with van der Waals surface area (Å²) >= 11 is 0. The van der Waals surface area contributed by atoms with E-state index in [0.717, 1.165) is 17.6 Å². The molecule has 20 heavy (non-hydrogen) atoms. The summed E-state index contributed by atoms with van der Waals surface area (Å²) in [5, 5.41) is 15.7. The fourth-order valence-electron chi connectivity index (χ4n) is 2.12. The van der Waals surface area contributed by atoms with Crippen LogP contribution in [0.4, 0.5) is 11.4 Å². The third-order valence-electron chi connectivity index (χ3n) is 3.08. The Morgan fingerprint density at radius 2 is 2.20 bits per heavy atom. The van der Waals surface area contributed by atoms with E-state index in [2.05, 4.69) is 17.2 Å². The molecule has 1 heterocycles. The third-order valence-corrected chi connectivity index (χ3v) is 3.08. The molecule has 2 aromatic rings. The van der Waals surface area contributed by atoms with Crippen molar-refractivity contribution >= 4 is 22.1 Å². The van der Waals surface area contributed by atoms with E-state index < -0.39 is 0 Å². The number of nitro groups is 1. The van der Waals surface area contributed by atoms with Crippen LogP contribution in [0.25, 0.3) is 10.8 Å². The number of nitro benzene ring substituents is 1. The fraction of sp³-hybridized carbons (Fsp3) is 0.357. The number of methoxy groups -OCH3 is 1. The van der Waals surface area contributed by atoms with Crippen LogP contribution in [0.2, 0.25) is 0 Å². The van der Waals surface area contributed by atoms with Crippen molar-refractivity contribution in [3.05, 3.63) is 40.7 Å². The minimum Gasteiger partial charge on any atom is -0.384 e. The van der Waals surface area contributed by atoms with Gasteiger partial charge in [0.1, 0.15) is 0 Å². The average Bonchev–Trinajstić information content (AvgIpc) is 2.44. The van der Waals surface area contributed by atoms with Gasteiger partial charge in [-0.2, -0.15) is 0 Å². The molecule has 0 fully saturated rings. The van der Waals surface area contributed by atoms with Gasteiger partial charge in [-0.05, 0) is 18.1 Å². The summed E-state index contributed by atoms with van der Waals surface area (Å²) in [6.07, 6.45) is 3.21. The van der Waals surface area contributed by atoms with Crippen molar-refractivity contribution < 1.29 is 9.66 Å². The molecule has 0 aliphatic carbocycles. The van der Waals surface area contributed by atoms with E-state index in [1.165, 1.54) is 6.07 Å². The van der Waals surface area contributed by atoms with Crippen LogP contribution >= 0.6 is 0 Å². The van der Waals surface area contributed by atoms with Crippen LogP contribution in [0, 0.1) is 16.0 Å². The lowest BCUT2D eigenvalue weighted by atomic mass is 10.1. The number of non-ortho nitro benzene ring substituents is 1. The molecule has 1 unspecified atom stereocenters. The molecule has 1 atom stereocenters. The largest absolute Gasteiger partial charge is 0.384 e. The number of hydrogen-bond acceptors (Lipinski definition) is 5. The normalized spacial score (nSPS) is 12.3. The van der Waals surface area contributed by atoms with Gasteiger partial charge in [-0.25, -0.2) is 0 Å². The molecular weight excluding hydrogens is 258 g/mol. The zero-order valence-electron chi connectivity index (χ0n) is 11.5. The second-order valence-electron chi connectivity index (χ2n) is 4.75. The van der Waals surface area contributed by atoms with Crippen molar-refractivity contribution in [1.29, 1.82) is 0 Å². The minimum atomic E-state index is -0.375. The Hall–Kier alpha value is -2.21. The lowest BCUT2D eigenvalue weighted by Crippen LogP contribution is -2.16. The van der Waals surface area contributed by atoms with Gasteiger partial charge in [-0.3, -0.25) is 15.1 Å². The highest BCUT2D eigenvalue weighted by Crippen LogP contribution is 2.30. The van der Waals surface area contributed by atoms with Gasteiger partial charge in [-0.1, -0.05) is 6.92 Å². The lowest BCUT2D eigenvalue weighted by Gasteiger charge is -2.14. The van der Waals surface area contributed by atoms with E-state index in [-0.39, 0.29) is 10.6 Å². The summed E-state index contributed by atoms with van der Waals surface area (Å²) in [5.41, 5.74) is 0.944. The highest BCUT2D eigenvalue weighted by atomic mass is 16.6. The quantitative estimate of drug-likeness (QED) is 0.648. The van der Waals surface area contributed by atoms with Crippen molar-refractivity contribution in [2.24, 2.45) is 5.92 Å². The van der Waals surface area contributed by atoms with Crippen LogP contribution in [-0.4, -0.2) is 30.2 Å². The molecular formula is C14H17N3O3. The van der Waals surface area contributed by atoms with Gasteiger partial charge >= 0.3 is 0 Å². The van der Waals surface area contributed by atoms with Crippen molar-refractivity contribution in [3.63, 3.8) is 0 Å². The SMILES string of the molecule is COCC(C)CNc1ccc([N+](=O)[O-])c2ccncc12. The Kier molecular flexibility index (Phi) is 4.47. The van der Waals surface area contributed by atoms with Crippen molar-refractivity contribution in [2.75, 3.05) is 25.6 Å². The molecule has 0 aliphatic heterocycles. The number of ether oxygens (including phenoxy) is 1. The Balaban J connectivity index is 2.31. The van der Waals surface area contributed by atoms with E-state index in [1.807, 2.05) is 0 Å². The summed E-state index contributed by atoms with van der Waals surface area (Å²) in [7, 11) is 1.67. The maximum absolute atomic E-state index is 11.0. The molecule has 1 N–H and O–H groups in total. The molecule has 1 aromatic heterocycles. The van der Waals surface area contributed by atoms with E-state index in [1.54, 1.807) is 31.6 Å². The zero-order chi connectivity index (χ0) is 14.5. The molecule has 0 radical (unpaired) electrons. The van der Waals surface area contributed by atoms with Gasteiger partial charge in [0, 0.05) is 43.2 Å². The first-order chi connectivity index (χ1) is 9.63. The number of aromatic nitrogens is 1. The Labute approximate surface area is 116 Å². The van der Waals surface area contributed by atoms with E-state index in [9.17, 15) is 10.1 Å². The smallest absolute Gasteiger partial charge is 0.277 e. The highest BCUT2D eigenvalue weighted by Gasteiger charge is 2.14. The number of nitrogens with one attached hydrogen (secondary N) is 1. The second-order valence-corrected chi connectivity index (χ2v) is 4.75. The number of fused-ring (bicyclic) bond motifs is 1. The second kappa shape index (κ2) is 6.29. The summed E-state index contributed by atoms with van der Waals surface area (Å²) < 4.78 is 5.09. The first-order valence-electron chi connectivity index (χ1n) is 6.37. The number of nitrogens with zero attached hydrogens (tertiary/aromatic N) is 2. The molecule has 0 aliphatic rings. The number of hydrogen-bond donors (Lipinski definition) is 1. The van der Waals surface area contributed by atoms with E-state index in [4.69, 9.17) is 4.74 Å². The summed E-state index contributed by atoms with van der Waals surface area (Å²) in [5.74, 6) is 0.349. The molecule has 0 saturated heterocycles. The third kappa shape index (κ3) is 3.03. The average molecular weight is 275 g/mol. The lowest BCUT2D eigenvalue weighted by molar-refractivity contribution is -0.383. The van der Waals surface area contributed by atoms with Crippen LogP contribution in [0.1, 0.15) is 6.92 Å². The Morgan fingerprint density at radius 3 is 2.90 bits per heavy atom. The summed E-state index contributed by atoms with van der Waals surface area (Å²) in [6, 6.07) is 4.91. The maximum atomic E-state index is 11.0. The molecule has 106 valence electrons. The first-order valence-corrected chi connectivity index (χ1v) is 6.37. The molecule has 2 rings (SSSR count). The van der Waals surface area contributed by atoms with Crippen molar-refractivity contribution in [2.45, 2.75) is 6.92 Å². The van der Waals surface area contributed by atoms with Crippen molar-refractivity contribution in [1.82, 2.24) is 4.98 Å². The van der Waals surface area contributed by atoms with Crippen LogP contribution < -0.4 is 5.32 Å². The van der Waals surface area contributed by atoms with Crippen LogP contribution in [0.3, 0.4) is 0 Å². The van der Waals surface area contributed by atoms with Gasteiger partial charge < -0.3 is 10.1 Å². The van der Waals surface area contributed by atoms with Crippen LogP contribution in [-0.2, 0) is 4.74 Å². The van der Waals surface area contributed by atoms with Gasteiger partial charge in [0.25, 0.3) is 5.69 Å². The van der Waals surface area contributed by atoms with Crippen LogP contribution in [0.15, 0.2) is 30.6 Å². The molecule has 1 aromatic carbocycles.